The molecule has 2 rings (SSSR count). The van der Waals surface area contributed by atoms with Crippen molar-refractivity contribution >= 4 is 17.9 Å². The summed E-state index contributed by atoms with van der Waals surface area (Å²) in [6.45, 7) is 6.30. The maximum absolute atomic E-state index is 10.6. The van der Waals surface area contributed by atoms with Gasteiger partial charge in [0.05, 0.1) is 22.4 Å². The van der Waals surface area contributed by atoms with E-state index >= 15 is 0 Å². The second-order valence-corrected chi connectivity index (χ2v) is 5.13. The third-order valence-electron chi connectivity index (χ3n) is 3.45. The number of aromatic nitrogens is 2. The molecule has 0 saturated carbocycles. The van der Waals surface area contributed by atoms with E-state index in [1.54, 1.807) is 0 Å². The third kappa shape index (κ3) is 5.17. The number of nitrogens with one attached hydrogen (secondary N) is 1. The number of H-pyrrole nitrogens is 1. The van der Waals surface area contributed by atoms with Crippen molar-refractivity contribution < 1.29 is 29.7 Å². The number of benzene rings is 1. The van der Waals surface area contributed by atoms with Gasteiger partial charge in [0, 0.05) is 12.1 Å². The molecule has 134 valence electrons. The normalized spacial score (nSPS) is 9.88. The van der Waals surface area contributed by atoms with E-state index in [2.05, 4.69) is 30.7 Å². The molecule has 8 heteroatoms. The lowest BCUT2D eigenvalue weighted by Gasteiger charge is -2.02. The zero-order chi connectivity index (χ0) is 19.1. The fourth-order valence-electron chi connectivity index (χ4n) is 2.11. The summed E-state index contributed by atoms with van der Waals surface area (Å²) in [5.41, 5.74) is 1.18. The summed E-state index contributed by atoms with van der Waals surface area (Å²) in [6, 6.07) is 2.81. The summed E-state index contributed by atoms with van der Waals surface area (Å²) in [4.78, 5) is 39.4. The summed E-state index contributed by atoms with van der Waals surface area (Å²) >= 11 is 0. The molecule has 4 N–H and O–H groups in total. The van der Waals surface area contributed by atoms with E-state index in [0.717, 1.165) is 42.6 Å². The Morgan fingerprint density at radius 2 is 1.56 bits per heavy atom. The van der Waals surface area contributed by atoms with Gasteiger partial charge in [0.15, 0.2) is 0 Å². The number of carboxylic acids is 3. The van der Waals surface area contributed by atoms with Crippen LogP contribution in [-0.4, -0.2) is 43.2 Å². The Labute approximate surface area is 144 Å². The number of hydrogen-bond acceptors (Lipinski definition) is 4. The molecule has 0 fully saturated rings. The van der Waals surface area contributed by atoms with Gasteiger partial charge in [0.25, 0.3) is 0 Å². The van der Waals surface area contributed by atoms with E-state index in [0.29, 0.717) is 0 Å². The molecule has 2 aromatic rings. The quantitative estimate of drug-likeness (QED) is 0.651. The van der Waals surface area contributed by atoms with Crippen LogP contribution >= 0.6 is 0 Å². The molecule has 0 saturated heterocycles. The first-order valence-corrected chi connectivity index (χ1v) is 7.59. The van der Waals surface area contributed by atoms with E-state index < -0.39 is 29.0 Å². The van der Waals surface area contributed by atoms with Crippen molar-refractivity contribution in [2.75, 3.05) is 0 Å². The van der Waals surface area contributed by atoms with Crippen LogP contribution in [0.3, 0.4) is 0 Å². The van der Waals surface area contributed by atoms with Gasteiger partial charge in [-0.05, 0) is 31.5 Å². The molecular weight excluding hydrogens is 328 g/mol. The number of aromatic amines is 1. The Kier molecular flexibility index (Phi) is 6.86. The fraction of sp³-hybridized carbons (Fsp3) is 0.294. The molecule has 0 radical (unpaired) electrons. The second kappa shape index (κ2) is 8.62. The molecule has 0 aliphatic carbocycles. The predicted octanol–water partition coefficient (Wildman–Crippen LogP) is 2.62. The minimum atomic E-state index is -1.48. The van der Waals surface area contributed by atoms with Crippen molar-refractivity contribution in [1.29, 1.82) is 0 Å². The van der Waals surface area contributed by atoms with Gasteiger partial charge < -0.3 is 20.3 Å². The molecule has 0 amide bonds. The summed E-state index contributed by atoms with van der Waals surface area (Å²) in [5.74, 6) is -3.09. The van der Waals surface area contributed by atoms with Crippen LogP contribution in [0.2, 0.25) is 0 Å². The van der Waals surface area contributed by atoms with Crippen LogP contribution in [0.4, 0.5) is 0 Å². The highest BCUT2D eigenvalue weighted by Crippen LogP contribution is 2.12. The first-order chi connectivity index (χ1) is 11.7. The lowest BCUT2D eigenvalue weighted by molar-refractivity contribution is 0.0649. The van der Waals surface area contributed by atoms with Gasteiger partial charge in [-0.1, -0.05) is 13.8 Å². The van der Waals surface area contributed by atoms with Gasteiger partial charge in [-0.15, -0.1) is 0 Å². The lowest BCUT2D eigenvalue weighted by atomic mass is 10.0. The molecule has 0 bridgehead atoms. The number of hydrogen-bond donors (Lipinski definition) is 4. The molecule has 1 aromatic carbocycles. The van der Waals surface area contributed by atoms with Crippen LogP contribution in [0.5, 0.6) is 0 Å². The van der Waals surface area contributed by atoms with Gasteiger partial charge >= 0.3 is 17.9 Å². The van der Waals surface area contributed by atoms with Gasteiger partial charge in [-0.3, -0.25) is 0 Å². The van der Waals surface area contributed by atoms with Gasteiger partial charge in [0.2, 0.25) is 0 Å². The molecule has 0 aliphatic rings. The zero-order valence-electron chi connectivity index (χ0n) is 14.2. The zero-order valence-corrected chi connectivity index (χ0v) is 14.2. The first kappa shape index (κ1) is 19.9. The number of aromatic carboxylic acids is 3. The van der Waals surface area contributed by atoms with E-state index in [4.69, 9.17) is 15.3 Å². The molecular formula is C17H20N2O6. The van der Waals surface area contributed by atoms with E-state index in [1.807, 2.05) is 0 Å². The first-order valence-electron chi connectivity index (χ1n) is 7.59. The molecule has 25 heavy (non-hydrogen) atoms. The number of aryl methyl sites for hydroxylation is 3. The Bertz CT molecular complexity index is 794. The summed E-state index contributed by atoms with van der Waals surface area (Å²) in [7, 11) is 0. The largest absolute Gasteiger partial charge is 0.478 e. The highest BCUT2D eigenvalue weighted by Gasteiger charge is 2.17. The predicted molar refractivity (Wildman–Crippen MR) is 89.4 cm³/mol. The van der Waals surface area contributed by atoms with Gasteiger partial charge in [-0.25, -0.2) is 19.4 Å². The number of rotatable bonds is 5. The van der Waals surface area contributed by atoms with Crippen LogP contribution in [-0.2, 0) is 12.8 Å². The molecule has 1 heterocycles. The van der Waals surface area contributed by atoms with Crippen molar-refractivity contribution in [3.63, 3.8) is 0 Å². The average molecular weight is 348 g/mol. The SMILES string of the molecule is CCc1nc(C)c(CC)[nH]1.O=C(O)c1ccc(C(=O)O)c(C(=O)O)c1. The monoisotopic (exact) mass is 348 g/mol. The molecule has 0 unspecified atom stereocenters. The van der Waals surface area contributed by atoms with Crippen LogP contribution < -0.4 is 0 Å². The fourth-order valence-corrected chi connectivity index (χ4v) is 2.11. The molecule has 0 atom stereocenters. The molecule has 0 spiro atoms. The number of carbonyl (C=O) groups is 3. The topological polar surface area (TPSA) is 141 Å². The third-order valence-corrected chi connectivity index (χ3v) is 3.45. The molecule has 1 aromatic heterocycles. The van der Waals surface area contributed by atoms with Gasteiger partial charge in [-0.2, -0.15) is 0 Å². The van der Waals surface area contributed by atoms with Crippen molar-refractivity contribution in [3.8, 4) is 0 Å². The number of nitrogens with zero attached hydrogens (tertiary/aromatic N) is 1. The summed E-state index contributed by atoms with van der Waals surface area (Å²) in [5, 5.41) is 25.9. The van der Waals surface area contributed by atoms with E-state index in [1.165, 1.54) is 5.69 Å². The van der Waals surface area contributed by atoms with Crippen molar-refractivity contribution in [1.82, 2.24) is 9.97 Å². The van der Waals surface area contributed by atoms with E-state index in [-0.39, 0.29) is 5.56 Å². The second-order valence-electron chi connectivity index (χ2n) is 5.13. The Balaban J connectivity index is 0.000000271. The maximum atomic E-state index is 10.6. The van der Waals surface area contributed by atoms with Crippen molar-refractivity contribution in [2.24, 2.45) is 0 Å². The van der Waals surface area contributed by atoms with E-state index in [9.17, 15) is 14.4 Å². The average Bonchev–Trinajstić information content (AvgIpc) is 2.94. The Hall–Kier alpha value is -3.16. The van der Waals surface area contributed by atoms with Crippen molar-refractivity contribution in [2.45, 2.75) is 33.6 Å². The van der Waals surface area contributed by atoms with Crippen LogP contribution in [0.15, 0.2) is 18.2 Å². The smallest absolute Gasteiger partial charge is 0.336 e. The standard InChI is InChI=1S/C9H6O6.C8H14N2/c10-7(11)4-1-2-5(8(12)13)6(3-4)9(14)15;1-4-7-6(3)9-8(5-2)10-7/h1-3H,(H,10,11)(H,12,13)(H,14,15);4-5H2,1-3H3,(H,9,10). The minimum absolute atomic E-state index is 0.266. The number of carboxylic acid groups (broad SMARTS) is 3. The highest BCUT2D eigenvalue weighted by molar-refractivity contribution is 6.03. The van der Waals surface area contributed by atoms with Crippen LogP contribution in [0.25, 0.3) is 0 Å². The Morgan fingerprint density at radius 1 is 0.960 bits per heavy atom. The van der Waals surface area contributed by atoms with Gasteiger partial charge in [0.1, 0.15) is 5.82 Å². The highest BCUT2D eigenvalue weighted by atomic mass is 16.4. The Morgan fingerprint density at radius 3 is 1.92 bits per heavy atom. The van der Waals surface area contributed by atoms with Crippen molar-refractivity contribution in [3.05, 3.63) is 52.1 Å². The summed E-state index contributed by atoms with van der Waals surface area (Å²) in [6.07, 6.45) is 2.06. The summed E-state index contributed by atoms with van der Waals surface area (Å²) < 4.78 is 0. The van der Waals surface area contributed by atoms with Crippen LogP contribution in [0.1, 0.15) is 62.1 Å². The molecule has 8 nitrogen and oxygen atoms in total. The minimum Gasteiger partial charge on any atom is -0.478 e. The number of imidazole rings is 1. The van der Waals surface area contributed by atoms with Crippen LogP contribution in [0, 0.1) is 6.92 Å². The maximum Gasteiger partial charge on any atom is 0.336 e. The lowest BCUT2D eigenvalue weighted by Crippen LogP contribution is -2.10. The molecule has 0 aliphatic heterocycles.